The largest absolute Gasteiger partial charge is 0.497 e. The van der Waals surface area contributed by atoms with Crippen LogP contribution in [0.2, 0.25) is 0 Å². The number of amides is 1. The van der Waals surface area contributed by atoms with Gasteiger partial charge >= 0.3 is 0 Å². The van der Waals surface area contributed by atoms with Gasteiger partial charge in [0, 0.05) is 57.0 Å². The molecule has 0 radical (unpaired) electrons. The van der Waals surface area contributed by atoms with Crippen LogP contribution in [0.5, 0.6) is 5.75 Å². The zero-order valence-corrected chi connectivity index (χ0v) is 14.9. The molecule has 1 aromatic heterocycles. The molecule has 3 rings (SSSR count). The van der Waals surface area contributed by atoms with Gasteiger partial charge in [-0.2, -0.15) is 0 Å². The van der Waals surface area contributed by atoms with Gasteiger partial charge in [0.05, 0.1) is 7.11 Å². The number of methoxy groups -OCH3 is 1. The number of benzene rings is 1. The highest BCUT2D eigenvalue weighted by Gasteiger charge is 2.22. The molecule has 0 aliphatic carbocycles. The van der Waals surface area contributed by atoms with Gasteiger partial charge in [0.25, 0.3) is 0 Å². The lowest BCUT2D eigenvalue weighted by molar-refractivity contribution is -0.131. The Morgan fingerprint density at radius 3 is 2.54 bits per heavy atom. The van der Waals surface area contributed by atoms with Crippen molar-refractivity contribution in [2.24, 2.45) is 0 Å². The SMILES string of the molecule is COc1cccc(N2CCN(C(=O)CCC(=O)c3ccccn3)CC2)c1. The third-order valence-electron chi connectivity index (χ3n) is 4.57. The van der Waals surface area contributed by atoms with Crippen molar-refractivity contribution in [3.8, 4) is 5.75 Å². The van der Waals surface area contributed by atoms with Gasteiger partial charge < -0.3 is 14.5 Å². The van der Waals surface area contributed by atoms with Gasteiger partial charge in [0.1, 0.15) is 11.4 Å². The first-order chi connectivity index (χ1) is 12.7. The Hall–Kier alpha value is -2.89. The molecule has 6 heteroatoms. The van der Waals surface area contributed by atoms with E-state index in [-0.39, 0.29) is 24.5 Å². The van der Waals surface area contributed by atoms with Crippen LogP contribution in [-0.2, 0) is 4.79 Å². The van der Waals surface area contributed by atoms with E-state index < -0.39 is 0 Å². The van der Waals surface area contributed by atoms with Crippen LogP contribution >= 0.6 is 0 Å². The molecule has 0 bridgehead atoms. The van der Waals surface area contributed by atoms with E-state index in [0.717, 1.165) is 24.5 Å². The van der Waals surface area contributed by atoms with Crippen molar-refractivity contribution in [2.45, 2.75) is 12.8 Å². The minimum atomic E-state index is -0.0889. The lowest BCUT2D eigenvalue weighted by atomic mass is 10.1. The summed E-state index contributed by atoms with van der Waals surface area (Å²) in [7, 11) is 1.65. The van der Waals surface area contributed by atoms with Gasteiger partial charge in [-0.15, -0.1) is 0 Å². The Kier molecular flexibility index (Phi) is 5.84. The quantitative estimate of drug-likeness (QED) is 0.746. The standard InChI is InChI=1S/C20H23N3O3/c1-26-17-6-4-5-16(15-17)22-11-13-23(14-12-22)20(25)9-8-19(24)18-7-2-3-10-21-18/h2-7,10,15H,8-9,11-14H2,1H3. The van der Waals surface area contributed by atoms with E-state index in [9.17, 15) is 9.59 Å². The molecule has 26 heavy (non-hydrogen) atoms. The van der Waals surface area contributed by atoms with Crippen LogP contribution < -0.4 is 9.64 Å². The first-order valence-corrected chi connectivity index (χ1v) is 8.78. The van der Waals surface area contributed by atoms with Crippen LogP contribution in [-0.4, -0.2) is 54.9 Å². The van der Waals surface area contributed by atoms with Crippen LogP contribution in [0.4, 0.5) is 5.69 Å². The van der Waals surface area contributed by atoms with Gasteiger partial charge in [0.15, 0.2) is 5.78 Å². The van der Waals surface area contributed by atoms with Gasteiger partial charge in [-0.05, 0) is 24.3 Å². The minimum absolute atomic E-state index is 0.0274. The molecule has 1 aromatic carbocycles. The fourth-order valence-corrected chi connectivity index (χ4v) is 3.06. The van der Waals surface area contributed by atoms with Gasteiger partial charge in [-0.3, -0.25) is 14.6 Å². The van der Waals surface area contributed by atoms with E-state index in [1.165, 1.54) is 0 Å². The van der Waals surface area contributed by atoms with Crippen molar-refractivity contribution in [1.82, 2.24) is 9.88 Å². The highest BCUT2D eigenvalue weighted by molar-refractivity contribution is 5.96. The number of carbonyl (C=O) groups is 2. The average Bonchev–Trinajstić information content (AvgIpc) is 2.72. The third-order valence-corrected chi connectivity index (χ3v) is 4.57. The first kappa shape index (κ1) is 17.9. The maximum Gasteiger partial charge on any atom is 0.223 e. The summed E-state index contributed by atoms with van der Waals surface area (Å²) in [6.07, 6.45) is 2.02. The number of pyridine rings is 1. The lowest BCUT2D eigenvalue weighted by Crippen LogP contribution is -2.48. The van der Waals surface area contributed by atoms with Crippen LogP contribution in [0, 0.1) is 0 Å². The van der Waals surface area contributed by atoms with Crippen molar-refractivity contribution in [2.75, 3.05) is 38.2 Å². The number of rotatable bonds is 6. The van der Waals surface area contributed by atoms with Gasteiger partial charge in [-0.25, -0.2) is 0 Å². The number of hydrogen-bond acceptors (Lipinski definition) is 5. The van der Waals surface area contributed by atoms with Crippen molar-refractivity contribution < 1.29 is 14.3 Å². The lowest BCUT2D eigenvalue weighted by Gasteiger charge is -2.36. The van der Waals surface area contributed by atoms with Crippen molar-refractivity contribution in [1.29, 1.82) is 0 Å². The average molecular weight is 353 g/mol. The van der Waals surface area contributed by atoms with E-state index >= 15 is 0 Å². The molecule has 136 valence electrons. The molecule has 1 aliphatic heterocycles. The van der Waals surface area contributed by atoms with E-state index in [2.05, 4.69) is 9.88 Å². The van der Waals surface area contributed by atoms with Crippen LogP contribution in [0.15, 0.2) is 48.7 Å². The van der Waals surface area contributed by atoms with E-state index in [1.54, 1.807) is 31.5 Å². The van der Waals surface area contributed by atoms with Crippen molar-refractivity contribution >= 4 is 17.4 Å². The molecule has 2 aromatic rings. The summed E-state index contributed by atoms with van der Waals surface area (Å²) in [5.74, 6) is 0.766. The fourth-order valence-electron chi connectivity index (χ4n) is 3.06. The Balaban J connectivity index is 1.48. The Morgan fingerprint density at radius 2 is 1.85 bits per heavy atom. The monoisotopic (exact) mass is 353 g/mol. The fraction of sp³-hybridized carbons (Fsp3) is 0.350. The highest BCUT2D eigenvalue weighted by atomic mass is 16.5. The maximum atomic E-state index is 12.4. The number of hydrogen-bond donors (Lipinski definition) is 0. The van der Waals surface area contributed by atoms with E-state index in [0.29, 0.717) is 18.8 Å². The first-order valence-electron chi connectivity index (χ1n) is 8.78. The summed E-state index contributed by atoms with van der Waals surface area (Å²) in [6.45, 7) is 2.86. The smallest absolute Gasteiger partial charge is 0.223 e. The molecule has 1 saturated heterocycles. The number of Topliss-reactive ketones (excluding diaryl/α,β-unsaturated/α-hetero) is 1. The van der Waals surface area contributed by atoms with Crippen molar-refractivity contribution in [3.05, 3.63) is 54.4 Å². The normalized spacial score (nSPS) is 14.2. The molecule has 1 amide bonds. The second kappa shape index (κ2) is 8.47. The van der Waals surface area contributed by atoms with Gasteiger partial charge in [-0.1, -0.05) is 12.1 Å². The molecular weight excluding hydrogens is 330 g/mol. The highest BCUT2D eigenvalue weighted by Crippen LogP contribution is 2.22. The molecule has 1 fully saturated rings. The number of ether oxygens (including phenoxy) is 1. The zero-order chi connectivity index (χ0) is 18.4. The van der Waals surface area contributed by atoms with Crippen LogP contribution in [0.25, 0.3) is 0 Å². The second-order valence-corrected chi connectivity index (χ2v) is 6.21. The van der Waals surface area contributed by atoms with Crippen molar-refractivity contribution in [3.63, 3.8) is 0 Å². The summed E-state index contributed by atoms with van der Waals surface area (Å²) < 4.78 is 5.27. The van der Waals surface area contributed by atoms with Gasteiger partial charge in [0.2, 0.25) is 5.91 Å². The number of aromatic nitrogens is 1. The molecular formula is C20H23N3O3. The Bertz CT molecular complexity index is 756. The third kappa shape index (κ3) is 4.39. The molecule has 0 N–H and O–H groups in total. The Morgan fingerprint density at radius 1 is 1.04 bits per heavy atom. The summed E-state index contributed by atoms with van der Waals surface area (Å²) in [5, 5.41) is 0. The summed E-state index contributed by atoms with van der Waals surface area (Å²) >= 11 is 0. The number of piperazine rings is 1. The Labute approximate surface area is 153 Å². The topological polar surface area (TPSA) is 62.7 Å². The van der Waals surface area contributed by atoms with Crippen LogP contribution in [0.1, 0.15) is 23.3 Å². The predicted octanol–water partition coefficient (Wildman–Crippen LogP) is 2.40. The number of nitrogens with zero attached hydrogens (tertiary/aromatic N) is 3. The van der Waals surface area contributed by atoms with E-state index in [4.69, 9.17) is 4.74 Å². The number of carbonyl (C=O) groups excluding carboxylic acids is 2. The summed E-state index contributed by atoms with van der Waals surface area (Å²) in [5.41, 5.74) is 1.52. The molecule has 0 unspecified atom stereocenters. The molecule has 0 atom stereocenters. The minimum Gasteiger partial charge on any atom is -0.497 e. The van der Waals surface area contributed by atoms with E-state index in [1.807, 2.05) is 29.2 Å². The number of ketones is 1. The summed E-state index contributed by atoms with van der Waals surface area (Å²) in [6, 6.07) is 13.2. The number of anilines is 1. The second-order valence-electron chi connectivity index (χ2n) is 6.21. The molecule has 6 nitrogen and oxygen atoms in total. The molecule has 0 saturated carbocycles. The molecule has 1 aliphatic rings. The predicted molar refractivity (Wildman–Crippen MR) is 99.6 cm³/mol. The zero-order valence-electron chi connectivity index (χ0n) is 14.9. The molecule has 0 spiro atoms. The maximum absolute atomic E-state index is 12.4. The molecule has 2 heterocycles. The van der Waals surface area contributed by atoms with Crippen LogP contribution in [0.3, 0.4) is 0 Å². The summed E-state index contributed by atoms with van der Waals surface area (Å²) in [4.78, 5) is 32.6.